The highest BCUT2D eigenvalue weighted by Crippen LogP contribution is 2.11. The summed E-state index contributed by atoms with van der Waals surface area (Å²) >= 11 is 0.894. The third kappa shape index (κ3) is 10.3. The third-order valence-electron chi connectivity index (χ3n) is 2.03. The van der Waals surface area contributed by atoms with Gasteiger partial charge in [-0.25, -0.2) is 9.59 Å². The van der Waals surface area contributed by atoms with Crippen LogP contribution < -0.4 is 10.6 Å². The van der Waals surface area contributed by atoms with Crippen LogP contribution >= 0.6 is 11.8 Å². The normalized spacial score (nSPS) is 13.0. The Morgan fingerprint density at radius 1 is 1.09 bits per heavy atom. The lowest BCUT2D eigenvalue weighted by Crippen LogP contribution is -2.46. The van der Waals surface area contributed by atoms with Crippen molar-refractivity contribution in [1.29, 1.82) is 0 Å². The molecule has 2 N–H and O–H groups in total. The van der Waals surface area contributed by atoms with Gasteiger partial charge in [-0.3, -0.25) is 4.79 Å². The highest BCUT2D eigenvalue weighted by Gasteiger charge is 2.26. The molecule has 0 saturated heterocycles. The molecule has 0 unspecified atom stereocenters. The molecular weight excluding hydrogens is 308 g/mol. The molecule has 0 heterocycles. The zero-order valence-corrected chi connectivity index (χ0v) is 15.1. The molecule has 0 rings (SSSR count). The van der Waals surface area contributed by atoms with Gasteiger partial charge >= 0.3 is 12.1 Å². The number of esters is 1. The smallest absolute Gasteiger partial charge is 0.408 e. The number of ether oxygens (including phenoxy) is 2. The number of hydrogen-bond donors (Lipinski definition) is 2. The summed E-state index contributed by atoms with van der Waals surface area (Å²) in [6, 6.07) is -0.962. The second-order valence-electron chi connectivity index (χ2n) is 6.70. The Balaban J connectivity index is 4.57. The minimum Gasteiger partial charge on any atom is -0.467 e. The largest absolute Gasteiger partial charge is 0.467 e. The minimum atomic E-state index is -0.962. The van der Waals surface area contributed by atoms with Crippen molar-refractivity contribution in [2.75, 3.05) is 12.9 Å². The molecule has 0 radical (unpaired) electrons. The quantitative estimate of drug-likeness (QED) is 0.766. The van der Waals surface area contributed by atoms with Crippen molar-refractivity contribution in [1.82, 2.24) is 10.6 Å². The Kier molecular flexibility index (Phi) is 7.72. The maximum atomic E-state index is 11.7. The second kappa shape index (κ2) is 8.26. The summed E-state index contributed by atoms with van der Waals surface area (Å²) in [6.45, 7) is 10.7. The minimum absolute atomic E-state index is 0.0494. The molecule has 0 bridgehead atoms. The first-order chi connectivity index (χ1) is 9.84. The van der Waals surface area contributed by atoms with Crippen LogP contribution in [0.25, 0.3) is 0 Å². The van der Waals surface area contributed by atoms with Crippen molar-refractivity contribution in [2.24, 2.45) is 0 Å². The van der Waals surface area contributed by atoms with Crippen LogP contribution in [0.3, 0.4) is 0 Å². The molecule has 22 heavy (non-hydrogen) atoms. The van der Waals surface area contributed by atoms with Crippen molar-refractivity contribution >= 4 is 29.1 Å². The molecule has 0 aromatic heterocycles. The molecule has 0 saturated carbocycles. The average Bonchev–Trinajstić information content (AvgIpc) is 2.28. The lowest BCUT2D eigenvalue weighted by Gasteiger charge is -2.23. The highest BCUT2D eigenvalue weighted by atomic mass is 32.2. The fourth-order valence-electron chi connectivity index (χ4n) is 1.26. The highest BCUT2D eigenvalue weighted by molar-refractivity contribution is 8.13. The number of methoxy groups -OCH3 is 1. The molecule has 0 aromatic carbocycles. The van der Waals surface area contributed by atoms with Crippen LogP contribution in [-0.2, 0) is 14.3 Å². The van der Waals surface area contributed by atoms with Crippen LogP contribution in [0.4, 0.5) is 9.59 Å². The Morgan fingerprint density at radius 2 is 1.64 bits per heavy atom. The predicted octanol–water partition coefficient (Wildman–Crippen LogP) is 2.29. The molecule has 0 aliphatic heterocycles. The predicted molar refractivity (Wildman–Crippen MR) is 85.9 cm³/mol. The van der Waals surface area contributed by atoms with Crippen LogP contribution in [0.1, 0.15) is 41.5 Å². The van der Waals surface area contributed by atoms with E-state index in [1.165, 1.54) is 7.11 Å². The van der Waals surface area contributed by atoms with Crippen molar-refractivity contribution in [2.45, 2.75) is 58.7 Å². The molecule has 8 heteroatoms. The third-order valence-corrected chi connectivity index (χ3v) is 2.90. The first-order valence-corrected chi connectivity index (χ1v) is 7.85. The Labute approximate surface area is 135 Å². The van der Waals surface area contributed by atoms with Gasteiger partial charge in [-0.1, -0.05) is 11.8 Å². The molecule has 0 spiro atoms. The van der Waals surface area contributed by atoms with Gasteiger partial charge in [0.05, 0.1) is 7.11 Å². The number of hydrogen-bond acceptors (Lipinski definition) is 6. The summed E-state index contributed by atoms with van der Waals surface area (Å²) in [5, 5.41) is 4.87. The second-order valence-corrected chi connectivity index (χ2v) is 7.69. The van der Waals surface area contributed by atoms with Gasteiger partial charge in [0.2, 0.25) is 0 Å². The summed E-state index contributed by atoms with van der Waals surface area (Å²) in [4.78, 5) is 35.1. The van der Waals surface area contributed by atoms with Crippen molar-refractivity contribution in [3.63, 3.8) is 0 Å². The van der Waals surface area contributed by atoms with Crippen molar-refractivity contribution in [3.8, 4) is 0 Å². The molecule has 0 aliphatic rings. The first kappa shape index (κ1) is 20.6. The van der Waals surface area contributed by atoms with Gasteiger partial charge in [0.15, 0.2) is 0 Å². The van der Waals surface area contributed by atoms with Gasteiger partial charge in [0.25, 0.3) is 5.24 Å². The molecule has 2 amide bonds. The summed E-state index contributed by atoms with van der Waals surface area (Å²) in [5.74, 6) is -0.588. The number of thioether (sulfide) groups is 1. The van der Waals surface area contributed by atoms with E-state index in [0.29, 0.717) is 0 Å². The van der Waals surface area contributed by atoms with Gasteiger partial charge in [-0.2, -0.15) is 0 Å². The molecule has 7 nitrogen and oxygen atoms in total. The average molecular weight is 334 g/mol. The number of rotatable bonds is 4. The Hall–Kier alpha value is -1.44. The van der Waals surface area contributed by atoms with E-state index < -0.39 is 23.7 Å². The fourth-order valence-corrected chi connectivity index (χ4v) is 2.18. The molecule has 128 valence electrons. The van der Waals surface area contributed by atoms with Crippen LogP contribution in [0.15, 0.2) is 0 Å². The molecular formula is C14H26N2O5S. The first-order valence-electron chi connectivity index (χ1n) is 6.86. The van der Waals surface area contributed by atoms with E-state index in [2.05, 4.69) is 15.4 Å². The number of alkyl carbamates (subject to hydrolysis) is 1. The zero-order chi connectivity index (χ0) is 17.6. The molecule has 0 aromatic rings. The van der Waals surface area contributed by atoms with E-state index in [1.54, 1.807) is 20.8 Å². The summed E-state index contributed by atoms with van der Waals surface area (Å²) in [6.07, 6.45) is -0.736. The number of amides is 2. The van der Waals surface area contributed by atoms with E-state index in [1.807, 2.05) is 20.8 Å². The van der Waals surface area contributed by atoms with Gasteiger partial charge in [-0.15, -0.1) is 0 Å². The lowest BCUT2D eigenvalue weighted by atomic mass is 10.1. The number of carbonyl (C=O) groups is 3. The monoisotopic (exact) mass is 334 g/mol. The summed E-state index contributed by atoms with van der Waals surface area (Å²) in [7, 11) is 1.21. The maximum Gasteiger partial charge on any atom is 0.408 e. The van der Waals surface area contributed by atoms with E-state index >= 15 is 0 Å². The summed E-state index contributed by atoms with van der Waals surface area (Å²) < 4.78 is 9.70. The molecule has 1 atom stereocenters. The maximum absolute atomic E-state index is 11.7. The summed E-state index contributed by atoms with van der Waals surface area (Å²) in [5.41, 5.74) is -1.05. The molecule has 0 aliphatic carbocycles. The Bertz CT molecular complexity index is 412. The topological polar surface area (TPSA) is 93.7 Å². The van der Waals surface area contributed by atoms with Crippen LogP contribution in [0.2, 0.25) is 0 Å². The van der Waals surface area contributed by atoms with Crippen LogP contribution in [-0.4, -0.2) is 47.3 Å². The van der Waals surface area contributed by atoms with Crippen molar-refractivity contribution in [3.05, 3.63) is 0 Å². The van der Waals surface area contributed by atoms with Gasteiger partial charge < -0.3 is 20.1 Å². The zero-order valence-electron chi connectivity index (χ0n) is 14.2. The fraction of sp³-hybridized carbons (Fsp3) is 0.786. The van der Waals surface area contributed by atoms with E-state index in [-0.39, 0.29) is 16.5 Å². The number of nitrogens with one attached hydrogen (secondary N) is 2. The van der Waals surface area contributed by atoms with E-state index in [9.17, 15) is 14.4 Å². The van der Waals surface area contributed by atoms with E-state index in [0.717, 1.165) is 11.8 Å². The SMILES string of the molecule is COC(=O)[C@H](CSC(=O)NC(C)(C)C)NC(=O)OC(C)(C)C. The van der Waals surface area contributed by atoms with Crippen molar-refractivity contribution < 1.29 is 23.9 Å². The molecule has 0 fully saturated rings. The number of carbonyl (C=O) groups excluding carboxylic acids is 3. The standard InChI is InChI=1S/C14H26N2O5S/c1-13(2,3)16-12(19)22-8-9(10(17)20-7)15-11(18)21-14(4,5)6/h9H,8H2,1-7H3,(H,15,18)(H,16,19)/t9-/m0/s1. The van der Waals surface area contributed by atoms with Crippen LogP contribution in [0, 0.1) is 0 Å². The van der Waals surface area contributed by atoms with Gasteiger partial charge in [0, 0.05) is 11.3 Å². The van der Waals surface area contributed by atoms with E-state index in [4.69, 9.17) is 4.74 Å². The Morgan fingerprint density at radius 3 is 2.05 bits per heavy atom. The van der Waals surface area contributed by atoms with Crippen LogP contribution in [0.5, 0.6) is 0 Å². The van der Waals surface area contributed by atoms with Gasteiger partial charge in [0.1, 0.15) is 11.6 Å². The van der Waals surface area contributed by atoms with Gasteiger partial charge in [-0.05, 0) is 41.5 Å². The lowest BCUT2D eigenvalue weighted by molar-refractivity contribution is -0.142.